The van der Waals surface area contributed by atoms with Crippen molar-refractivity contribution in [3.8, 4) is 0 Å². The number of rotatable bonds is 7. The lowest BCUT2D eigenvalue weighted by molar-refractivity contribution is -0.161. The zero-order chi connectivity index (χ0) is 19.7. The van der Waals surface area contributed by atoms with Gasteiger partial charge in [-0.25, -0.2) is 9.98 Å². The molecular weight excluding hydrogens is 360 g/mol. The Hall–Kier alpha value is -2.82. The van der Waals surface area contributed by atoms with Crippen LogP contribution in [0.5, 0.6) is 0 Å². The van der Waals surface area contributed by atoms with Crippen molar-refractivity contribution in [3.05, 3.63) is 95.7 Å². The molecule has 3 aromatic rings. The van der Waals surface area contributed by atoms with Gasteiger partial charge in [0.1, 0.15) is 0 Å². The van der Waals surface area contributed by atoms with Crippen molar-refractivity contribution in [2.45, 2.75) is 32.0 Å². The predicted octanol–water partition coefficient (Wildman–Crippen LogP) is 5.34. The quantitative estimate of drug-likeness (QED) is 0.515. The number of aliphatic imine (C=N–C) groups is 1. The number of hydrogen-bond donors (Lipinski definition) is 0. The van der Waals surface area contributed by atoms with Crippen LogP contribution in [0.4, 0.5) is 5.82 Å². The highest BCUT2D eigenvalue weighted by Crippen LogP contribution is 2.21. The number of benzene rings is 2. The number of aromatic nitrogens is 1. The van der Waals surface area contributed by atoms with Crippen LogP contribution in [0.25, 0.3) is 0 Å². The Bertz CT molecular complexity index is 878. The number of ether oxygens (including phenoxy) is 2. The first-order valence-corrected chi connectivity index (χ1v) is 10.3. The van der Waals surface area contributed by atoms with E-state index in [1.54, 1.807) is 6.20 Å². The van der Waals surface area contributed by atoms with E-state index >= 15 is 0 Å². The first-order chi connectivity index (χ1) is 14.4. The van der Waals surface area contributed by atoms with Gasteiger partial charge in [0.15, 0.2) is 12.1 Å². The summed E-state index contributed by atoms with van der Waals surface area (Å²) < 4.78 is 11.6. The molecular formula is C25H26N2O2. The smallest absolute Gasteiger partial charge is 0.157 e. The fourth-order valence-electron chi connectivity index (χ4n) is 3.46. The minimum absolute atomic E-state index is 0.0726. The molecule has 1 aromatic heterocycles. The van der Waals surface area contributed by atoms with Gasteiger partial charge in [-0.3, -0.25) is 0 Å². The summed E-state index contributed by atoms with van der Waals surface area (Å²) in [6.45, 7) is 1.40. The van der Waals surface area contributed by atoms with E-state index in [0.29, 0.717) is 6.61 Å². The van der Waals surface area contributed by atoms with Crippen molar-refractivity contribution in [1.82, 2.24) is 4.98 Å². The molecule has 1 unspecified atom stereocenters. The summed E-state index contributed by atoms with van der Waals surface area (Å²) >= 11 is 0. The monoisotopic (exact) mass is 386 g/mol. The van der Waals surface area contributed by atoms with E-state index in [1.165, 1.54) is 6.42 Å². The molecule has 2 heterocycles. The van der Waals surface area contributed by atoms with Crippen molar-refractivity contribution in [2.75, 3.05) is 13.2 Å². The van der Waals surface area contributed by atoms with E-state index in [-0.39, 0.29) is 6.29 Å². The fraction of sp³-hybridized carbons (Fsp3) is 0.280. The molecule has 148 valence electrons. The third kappa shape index (κ3) is 5.37. The van der Waals surface area contributed by atoms with Crippen LogP contribution in [-0.2, 0) is 15.9 Å². The first kappa shape index (κ1) is 19.5. The second-order valence-corrected chi connectivity index (χ2v) is 7.10. The molecule has 1 aliphatic rings. The molecule has 2 aromatic carbocycles. The summed E-state index contributed by atoms with van der Waals surface area (Å²) in [4.78, 5) is 9.54. The lowest BCUT2D eigenvalue weighted by Crippen LogP contribution is -2.23. The zero-order valence-electron chi connectivity index (χ0n) is 16.5. The molecule has 0 aliphatic carbocycles. The fourth-order valence-corrected chi connectivity index (χ4v) is 3.46. The van der Waals surface area contributed by atoms with E-state index in [9.17, 15) is 0 Å². The van der Waals surface area contributed by atoms with E-state index in [1.807, 2.05) is 42.5 Å². The molecule has 0 spiro atoms. The second kappa shape index (κ2) is 10.1. The van der Waals surface area contributed by atoms with Crippen LogP contribution in [0.1, 0.15) is 36.0 Å². The first-order valence-electron chi connectivity index (χ1n) is 10.3. The zero-order valence-corrected chi connectivity index (χ0v) is 16.5. The predicted molar refractivity (Wildman–Crippen MR) is 116 cm³/mol. The molecule has 4 heteroatoms. The summed E-state index contributed by atoms with van der Waals surface area (Å²) in [6, 6.07) is 24.5. The van der Waals surface area contributed by atoms with Gasteiger partial charge >= 0.3 is 0 Å². The van der Waals surface area contributed by atoms with Crippen molar-refractivity contribution in [3.63, 3.8) is 0 Å². The molecule has 1 saturated heterocycles. The van der Waals surface area contributed by atoms with Gasteiger partial charge < -0.3 is 9.47 Å². The second-order valence-electron chi connectivity index (χ2n) is 7.10. The molecule has 4 rings (SSSR count). The van der Waals surface area contributed by atoms with Crippen LogP contribution in [0.15, 0.2) is 84.0 Å². The SMILES string of the molecule is c1ccc(C(=Nc2ncccc2CCOC2CCCCO2)c2ccccc2)cc1. The summed E-state index contributed by atoms with van der Waals surface area (Å²) in [7, 11) is 0. The van der Waals surface area contributed by atoms with Gasteiger partial charge in [-0.15, -0.1) is 0 Å². The summed E-state index contributed by atoms with van der Waals surface area (Å²) in [5.74, 6) is 0.739. The maximum Gasteiger partial charge on any atom is 0.157 e. The summed E-state index contributed by atoms with van der Waals surface area (Å²) in [6.07, 6.45) is 5.75. The van der Waals surface area contributed by atoms with Gasteiger partial charge in [0.25, 0.3) is 0 Å². The average molecular weight is 386 g/mol. The Morgan fingerprint density at radius 1 is 0.931 bits per heavy atom. The van der Waals surface area contributed by atoms with Gasteiger partial charge in [-0.2, -0.15) is 0 Å². The van der Waals surface area contributed by atoms with E-state index in [4.69, 9.17) is 14.5 Å². The third-order valence-corrected chi connectivity index (χ3v) is 4.99. The molecule has 4 nitrogen and oxygen atoms in total. The maximum atomic E-state index is 5.92. The number of hydrogen-bond acceptors (Lipinski definition) is 4. The van der Waals surface area contributed by atoms with Crippen LogP contribution in [0.3, 0.4) is 0 Å². The highest BCUT2D eigenvalue weighted by molar-refractivity contribution is 6.13. The van der Waals surface area contributed by atoms with Crippen LogP contribution in [-0.4, -0.2) is 30.2 Å². The van der Waals surface area contributed by atoms with E-state index in [2.05, 4.69) is 35.3 Å². The van der Waals surface area contributed by atoms with Gasteiger partial charge in [0.2, 0.25) is 0 Å². The summed E-state index contributed by atoms with van der Waals surface area (Å²) in [5, 5.41) is 0. The van der Waals surface area contributed by atoms with Crippen molar-refractivity contribution >= 4 is 11.5 Å². The van der Waals surface area contributed by atoms with E-state index < -0.39 is 0 Å². The Morgan fingerprint density at radius 2 is 1.66 bits per heavy atom. The van der Waals surface area contributed by atoms with Crippen LogP contribution in [0, 0.1) is 0 Å². The standard InChI is InChI=1S/C25H26N2O2/c1-3-10-20(11-4-1)24(21-12-5-2-6-13-21)27-25-22(14-9-17-26-25)16-19-29-23-15-7-8-18-28-23/h1-6,9-14,17,23H,7-8,15-16,18-19H2. The minimum Gasteiger partial charge on any atom is -0.353 e. The highest BCUT2D eigenvalue weighted by atomic mass is 16.7. The van der Waals surface area contributed by atoms with Gasteiger partial charge in [-0.05, 0) is 37.3 Å². The molecule has 0 bridgehead atoms. The Morgan fingerprint density at radius 3 is 2.31 bits per heavy atom. The molecule has 1 fully saturated rings. The van der Waals surface area contributed by atoms with Crippen molar-refractivity contribution in [1.29, 1.82) is 0 Å². The lowest BCUT2D eigenvalue weighted by Gasteiger charge is -2.22. The van der Waals surface area contributed by atoms with Crippen LogP contribution >= 0.6 is 0 Å². The van der Waals surface area contributed by atoms with Crippen LogP contribution < -0.4 is 0 Å². The molecule has 0 saturated carbocycles. The largest absolute Gasteiger partial charge is 0.353 e. The normalized spacial score (nSPS) is 16.3. The van der Waals surface area contributed by atoms with Crippen molar-refractivity contribution in [2.24, 2.45) is 4.99 Å². The Kier molecular flexibility index (Phi) is 6.79. The van der Waals surface area contributed by atoms with E-state index in [0.717, 1.165) is 54.1 Å². The van der Waals surface area contributed by atoms with Gasteiger partial charge in [-0.1, -0.05) is 66.7 Å². The topological polar surface area (TPSA) is 43.7 Å². The summed E-state index contributed by atoms with van der Waals surface area (Å²) in [5.41, 5.74) is 4.14. The third-order valence-electron chi connectivity index (χ3n) is 4.99. The van der Waals surface area contributed by atoms with Crippen molar-refractivity contribution < 1.29 is 9.47 Å². The minimum atomic E-state index is -0.0726. The molecule has 0 N–H and O–H groups in total. The molecule has 1 atom stereocenters. The maximum absolute atomic E-state index is 5.92. The Labute approximate surface area is 172 Å². The average Bonchev–Trinajstić information content (AvgIpc) is 2.80. The Balaban J connectivity index is 1.58. The molecule has 1 aliphatic heterocycles. The number of pyridine rings is 1. The highest BCUT2D eigenvalue weighted by Gasteiger charge is 2.14. The lowest BCUT2D eigenvalue weighted by atomic mass is 10.0. The molecule has 0 radical (unpaired) electrons. The number of nitrogens with zero attached hydrogens (tertiary/aromatic N) is 2. The molecule has 0 amide bonds. The van der Waals surface area contributed by atoms with Gasteiger partial charge in [0.05, 0.1) is 12.3 Å². The van der Waals surface area contributed by atoms with Crippen LogP contribution in [0.2, 0.25) is 0 Å². The van der Waals surface area contributed by atoms with Gasteiger partial charge in [0, 0.05) is 23.9 Å². The molecule has 29 heavy (non-hydrogen) atoms.